The maximum atomic E-state index is 11.7. The van der Waals surface area contributed by atoms with Crippen molar-refractivity contribution in [3.63, 3.8) is 0 Å². The highest BCUT2D eigenvalue weighted by Gasteiger charge is 2.16. The molecule has 0 aliphatic carbocycles. The predicted molar refractivity (Wildman–Crippen MR) is 68.5 cm³/mol. The van der Waals surface area contributed by atoms with Gasteiger partial charge in [0.05, 0.1) is 0 Å². The molecule has 0 radical (unpaired) electrons. The van der Waals surface area contributed by atoms with E-state index in [0.717, 1.165) is 5.56 Å². The van der Waals surface area contributed by atoms with Crippen molar-refractivity contribution in [2.45, 2.75) is 19.5 Å². The molecule has 2 N–H and O–H groups in total. The first-order valence-electron chi connectivity index (χ1n) is 5.39. The lowest BCUT2D eigenvalue weighted by Gasteiger charge is -2.19. The zero-order chi connectivity index (χ0) is 13.7. The minimum Gasteiger partial charge on any atom is -0.480 e. The number of hydrogen-bond donors (Lipinski definition) is 2. The van der Waals surface area contributed by atoms with Crippen molar-refractivity contribution in [2.24, 2.45) is 0 Å². The Morgan fingerprint density at radius 2 is 1.94 bits per heavy atom. The average molecular weight is 271 g/mol. The molecule has 0 spiro atoms. The minimum absolute atomic E-state index is 0.384. The first-order chi connectivity index (χ1) is 8.40. The van der Waals surface area contributed by atoms with Crippen LogP contribution in [-0.2, 0) is 11.3 Å². The van der Waals surface area contributed by atoms with Gasteiger partial charge in [-0.25, -0.2) is 4.79 Å². The van der Waals surface area contributed by atoms with Gasteiger partial charge < -0.3 is 15.3 Å². The summed E-state index contributed by atoms with van der Waals surface area (Å²) < 4.78 is 0. The molecule has 0 saturated carbocycles. The van der Waals surface area contributed by atoms with Crippen LogP contribution >= 0.6 is 11.6 Å². The molecule has 0 bridgehead atoms. The summed E-state index contributed by atoms with van der Waals surface area (Å²) in [5, 5.41) is 11.7. The third kappa shape index (κ3) is 4.25. The van der Waals surface area contributed by atoms with Crippen LogP contribution in [0.15, 0.2) is 24.3 Å². The lowest BCUT2D eigenvalue weighted by Crippen LogP contribution is -2.44. The standard InChI is InChI=1S/C12H15ClN2O3/c1-8(11(16)17)14-12(18)15(2)7-9-3-5-10(13)6-4-9/h3-6,8H,7H2,1-2H3,(H,14,18)(H,16,17). The second-order valence-corrected chi connectivity index (χ2v) is 4.43. The number of carboxylic acid groups (broad SMARTS) is 1. The molecule has 0 fully saturated rings. The fraction of sp³-hybridized carbons (Fsp3) is 0.333. The summed E-state index contributed by atoms with van der Waals surface area (Å²) in [7, 11) is 1.60. The molecule has 0 aliphatic heterocycles. The molecule has 1 aromatic rings. The van der Waals surface area contributed by atoms with E-state index >= 15 is 0 Å². The fourth-order valence-electron chi connectivity index (χ4n) is 1.29. The van der Waals surface area contributed by atoms with E-state index in [4.69, 9.17) is 16.7 Å². The molecule has 5 nitrogen and oxygen atoms in total. The molecular formula is C12H15ClN2O3. The topological polar surface area (TPSA) is 69.6 Å². The van der Waals surface area contributed by atoms with Crippen LogP contribution in [0.5, 0.6) is 0 Å². The minimum atomic E-state index is -1.07. The third-order valence-electron chi connectivity index (χ3n) is 2.39. The van der Waals surface area contributed by atoms with E-state index in [0.29, 0.717) is 11.6 Å². The van der Waals surface area contributed by atoms with Crippen molar-refractivity contribution in [3.05, 3.63) is 34.9 Å². The van der Waals surface area contributed by atoms with Crippen molar-refractivity contribution in [3.8, 4) is 0 Å². The maximum Gasteiger partial charge on any atom is 0.325 e. The summed E-state index contributed by atoms with van der Waals surface area (Å²) in [5.74, 6) is -1.07. The van der Waals surface area contributed by atoms with Crippen LogP contribution in [0.2, 0.25) is 5.02 Å². The van der Waals surface area contributed by atoms with E-state index in [9.17, 15) is 9.59 Å². The lowest BCUT2D eigenvalue weighted by atomic mass is 10.2. The number of nitrogens with one attached hydrogen (secondary N) is 1. The van der Waals surface area contributed by atoms with E-state index in [2.05, 4.69) is 5.32 Å². The van der Waals surface area contributed by atoms with E-state index in [1.807, 2.05) is 12.1 Å². The Morgan fingerprint density at radius 3 is 2.44 bits per heavy atom. The van der Waals surface area contributed by atoms with Crippen molar-refractivity contribution < 1.29 is 14.7 Å². The summed E-state index contributed by atoms with van der Waals surface area (Å²) in [6.45, 7) is 1.80. The highest BCUT2D eigenvalue weighted by atomic mass is 35.5. The van der Waals surface area contributed by atoms with Gasteiger partial charge in [-0.05, 0) is 24.6 Å². The Morgan fingerprint density at radius 1 is 1.39 bits per heavy atom. The Hall–Kier alpha value is -1.75. The average Bonchev–Trinajstić information content (AvgIpc) is 2.31. The van der Waals surface area contributed by atoms with E-state index in [1.54, 1.807) is 19.2 Å². The molecule has 0 heterocycles. The largest absolute Gasteiger partial charge is 0.480 e. The highest BCUT2D eigenvalue weighted by Crippen LogP contribution is 2.10. The van der Waals surface area contributed by atoms with Crippen LogP contribution in [-0.4, -0.2) is 35.1 Å². The van der Waals surface area contributed by atoms with Gasteiger partial charge in [0.15, 0.2) is 0 Å². The number of aliphatic carboxylic acids is 1. The van der Waals surface area contributed by atoms with Gasteiger partial charge in [-0.2, -0.15) is 0 Å². The number of carboxylic acids is 1. The van der Waals surface area contributed by atoms with Gasteiger partial charge in [0.2, 0.25) is 0 Å². The van der Waals surface area contributed by atoms with E-state index in [1.165, 1.54) is 11.8 Å². The second-order valence-electron chi connectivity index (χ2n) is 3.99. The number of hydrogen-bond acceptors (Lipinski definition) is 2. The van der Waals surface area contributed by atoms with Crippen molar-refractivity contribution in [1.82, 2.24) is 10.2 Å². The number of urea groups is 1. The van der Waals surface area contributed by atoms with Crippen LogP contribution in [0.3, 0.4) is 0 Å². The van der Waals surface area contributed by atoms with E-state index in [-0.39, 0.29) is 0 Å². The van der Waals surface area contributed by atoms with Gasteiger partial charge in [0, 0.05) is 18.6 Å². The summed E-state index contributed by atoms with van der Waals surface area (Å²) in [4.78, 5) is 23.7. The van der Waals surface area contributed by atoms with Crippen LogP contribution in [0.4, 0.5) is 4.79 Å². The van der Waals surface area contributed by atoms with Gasteiger partial charge in [-0.1, -0.05) is 23.7 Å². The van der Waals surface area contributed by atoms with Gasteiger partial charge in [0.25, 0.3) is 0 Å². The second kappa shape index (κ2) is 6.26. The zero-order valence-corrected chi connectivity index (χ0v) is 10.9. The van der Waals surface area contributed by atoms with Gasteiger partial charge >= 0.3 is 12.0 Å². The molecule has 0 saturated heterocycles. The zero-order valence-electron chi connectivity index (χ0n) is 10.2. The van der Waals surface area contributed by atoms with Crippen molar-refractivity contribution in [2.75, 3.05) is 7.05 Å². The number of halogens is 1. The van der Waals surface area contributed by atoms with Crippen LogP contribution in [0.1, 0.15) is 12.5 Å². The molecule has 1 unspecified atom stereocenters. The van der Waals surface area contributed by atoms with Crippen LogP contribution < -0.4 is 5.32 Å². The van der Waals surface area contributed by atoms with Crippen LogP contribution in [0, 0.1) is 0 Å². The monoisotopic (exact) mass is 270 g/mol. The number of carbonyl (C=O) groups excluding carboxylic acids is 1. The van der Waals surface area contributed by atoms with Gasteiger partial charge in [-0.3, -0.25) is 4.79 Å². The Balaban J connectivity index is 2.54. The molecule has 6 heteroatoms. The number of benzene rings is 1. The SMILES string of the molecule is CC(NC(=O)N(C)Cc1ccc(Cl)cc1)C(=O)O. The van der Waals surface area contributed by atoms with Gasteiger partial charge in [0.1, 0.15) is 6.04 Å². The molecule has 0 aromatic heterocycles. The van der Waals surface area contributed by atoms with E-state index < -0.39 is 18.0 Å². The number of nitrogens with zero attached hydrogens (tertiary/aromatic N) is 1. The van der Waals surface area contributed by atoms with Gasteiger partial charge in [-0.15, -0.1) is 0 Å². The molecule has 1 rings (SSSR count). The number of carbonyl (C=O) groups is 2. The Bertz CT molecular complexity index is 433. The third-order valence-corrected chi connectivity index (χ3v) is 2.64. The van der Waals surface area contributed by atoms with Crippen LogP contribution in [0.25, 0.3) is 0 Å². The summed E-state index contributed by atoms with van der Waals surface area (Å²) in [6, 6.07) is 5.76. The normalized spacial score (nSPS) is 11.7. The quantitative estimate of drug-likeness (QED) is 0.879. The molecule has 2 amide bonds. The van der Waals surface area contributed by atoms with Crippen molar-refractivity contribution >= 4 is 23.6 Å². The molecule has 1 atom stereocenters. The fourth-order valence-corrected chi connectivity index (χ4v) is 1.42. The number of amides is 2. The number of rotatable bonds is 4. The molecule has 1 aromatic carbocycles. The summed E-state index contributed by atoms with van der Waals surface area (Å²) in [6.07, 6.45) is 0. The first kappa shape index (κ1) is 14.3. The predicted octanol–water partition coefficient (Wildman–Crippen LogP) is 1.95. The Kier molecular flexibility index (Phi) is 4.97. The molecule has 18 heavy (non-hydrogen) atoms. The lowest BCUT2D eigenvalue weighted by molar-refractivity contribution is -0.138. The summed E-state index contributed by atoms with van der Waals surface area (Å²) in [5.41, 5.74) is 0.917. The smallest absolute Gasteiger partial charge is 0.325 e. The van der Waals surface area contributed by atoms with Crippen molar-refractivity contribution in [1.29, 1.82) is 0 Å². The summed E-state index contributed by atoms with van der Waals surface area (Å²) >= 11 is 5.76. The maximum absolute atomic E-state index is 11.7. The molecule has 0 aliphatic rings. The molecular weight excluding hydrogens is 256 g/mol. The first-order valence-corrected chi connectivity index (χ1v) is 5.77. The molecule has 98 valence electrons. The Labute approximate surface area is 110 Å². The highest BCUT2D eigenvalue weighted by molar-refractivity contribution is 6.30.